The average Bonchev–Trinajstić information content (AvgIpc) is 3.15. The van der Waals surface area contributed by atoms with Crippen molar-refractivity contribution >= 4 is 44.5 Å². The Morgan fingerprint density at radius 2 is 2.04 bits per heavy atom. The maximum Gasteiger partial charge on any atom is 0.269 e. The number of thioether (sulfide) groups is 1. The smallest absolute Gasteiger partial charge is 0.269 e. The summed E-state index contributed by atoms with van der Waals surface area (Å²) in [4.78, 5) is 11.0. The lowest BCUT2D eigenvalue weighted by Gasteiger charge is -2.07. The van der Waals surface area contributed by atoms with Crippen molar-refractivity contribution < 1.29 is 9.66 Å². The van der Waals surface area contributed by atoms with Gasteiger partial charge in [0.1, 0.15) is 5.75 Å². The van der Waals surface area contributed by atoms with Crippen molar-refractivity contribution in [1.29, 1.82) is 5.26 Å². The third-order valence-electron chi connectivity index (χ3n) is 3.51. The molecule has 0 saturated carbocycles. The van der Waals surface area contributed by atoms with Crippen LogP contribution in [0, 0.1) is 21.4 Å². The zero-order valence-electron chi connectivity index (χ0n) is 14.5. The average molecular weight is 411 g/mol. The van der Waals surface area contributed by atoms with Gasteiger partial charge in [0.05, 0.1) is 23.8 Å². The Morgan fingerprint density at radius 3 is 2.71 bits per heavy atom. The van der Waals surface area contributed by atoms with Crippen LogP contribution in [0.3, 0.4) is 0 Å². The van der Waals surface area contributed by atoms with Crippen molar-refractivity contribution in [1.82, 2.24) is 10.2 Å². The Balaban J connectivity index is 1.77. The van der Waals surface area contributed by atoms with Crippen LogP contribution in [0.25, 0.3) is 4.91 Å². The predicted octanol–water partition coefficient (Wildman–Crippen LogP) is 4.86. The van der Waals surface area contributed by atoms with Crippen LogP contribution in [0.15, 0.2) is 58.9 Å². The van der Waals surface area contributed by atoms with Crippen LogP contribution in [-0.2, 0) is 0 Å². The van der Waals surface area contributed by atoms with E-state index in [-0.39, 0.29) is 5.69 Å². The lowest BCUT2D eigenvalue weighted by molar-refractivity contribution is -0.384. The minimum atomic E-state index is -0.467. The molecule has 2 aromatic carbocycles. The van der Waals surface area contributed by atoms with Gasteiger partial charge in [-0.1, -0.05) is 35.2 Å². The molecule has 8 nitrogen and oxygen atoms in total. The number of anilines is 2. The quantitative estimate of drug-likeness (QED) is 0.254. The summed E-state index contributed by atoms with van der Waals surface area (Å²) >= 11 is 2.58. The summed E-state index contributed by atoms with van der Waals surface area (Å²) in [6.45, 7) is 0. The number of nitrogens with one attached hydrogen (secondary N) is 1. The molecule has 3 rings (SSSR count). The van der Waals surface area contributed by atoms with Crippen molar-refractivity contribution in [2.75, 3.05) is 12.4 Å². The fourth-order valence-electron chi connectivity index (χ4n) is 2.24. The monoisotopic (exact) mass is 411 g/mol. The molecule has 0 aliphatic rings. The number of rotatable bonds is 7. The van der Waals surface area contributed by atoms with E-state index >= 15 is 0 Å². The summed E-state index contributed by atoms with van der Waals surface area (Å²) < 4.78 is 5.92. The van der Waals surface area contributed by atoms with Gasteiger partial charge in [-0.15, -0.1) is 10.2 Å². The molecule has 10 heteroatoms. The molecular formula is C18H13N5O3S2. The molecule has 0 saturated heterocycles. The van der Waals surface area contributed by atoms with Gasteiger partial charge in [-0.25, -0.2) is 0 Å². The first-order valence-electron chi connectivity index (χ1n) is 7.86. The largest absolute Gasteiger partial charge is 0.495 e. The number of non-ortho nitro benzene ring substituents is 1. The first-order chi connectivity index (χ1) is 13.6. The molecule has 0 fully saturated rings. The minimum Gasteiger partial charge on any atom is -0.495 e. The van der Waals surface area contributed by atoms with E-state index in [4.69, 9.17) is 10.00 Å². The van der Waals surface area contributed by atoms with Crippen LogP contribution in [0.4, 0.5) is 16.5 Å². The van der Waals surface area contributed by atoms with Crippen molar-refractivity contribution in [3.8, 4) is 11.8 Å². The number of aromatic nitrogens is 2. The Kier molecular flexibility index (Phi) is 6.21. The van der Waals surface area contributed by atoms with E-state index in [1.165, 1.54) is 41.3 Å². The molecule has 1 N–H and O–H groups in total. The molecule has 1 aromatic heterocycles. The van der Waals surface area contributed by atoms with E-state index in [0.29, 0.717) is 25.7 Å². The topological polar surface area (TPSA) is 114 Å². The van der Waals surface area contributed by atoms with Gasteiger partial charge in [0.2, 0.25) is 5.13 Å². The highest BCUT2D eigenvalue weighted by atomic mass is 32.2. The van der Waals surface area contributed by atoms with Gasteiger partial charge in [-0.05, 0) is 29.8 Å². The second-order valence-corrected chi connectivity index (χ2v) is 7.51. The molecule has 0 radical (unpaired) electrons. The maximum absolute atomic E-state index is 10.8. The van der Waals surface area contributed by atoms with Crippen molar-refractivity contribution in [3.05, 3.63) is 70.3 Å². The summed E-state index contributed by atoms with van der Waals surface area (Å²) in [6.07, 6.45) is 1.38. The van der Waals surface area contributed by atoms with Crippen LogP contribution in [-0.4, -0.2) is 22.2 Å². The molecule has 0 amide bonds. The number of ether oxygens (including phenoxy) is 1. The molecule has 28 heavy (non-hydrogen) atoms. The van der Waals surface area contributed by atoms with Crippen LogP contribution < -0.4 is 10.1 Å². The minimum absolute atomic E-state index is 0.00994. The standard InChI is InChI=1S/C18H13N5O3S2/c1-26-15-5-3-2-4-14(15)20-17-21-22-18(28-17)27-16(10-11-19)12-6-8-13(9-7-12)23(24)25/h2-10H,1H3,(H,20,21)/b16-10-. The Labute approximate surface area is 168 Å². The second-order valence-electron chi connectivity index (χ2n) is 5.24. The van der Waals surface area contributed by atoms with Gasteiger partial charge in [-0.2, -0.15) is 5.26 Å². The third kappa shape index (κ3) is 4.64. The third-order valence-corrected chi connectivity index (χ3v) is 5.47. The lowest BCUT2D eigenvalue weighted by Crippen LogP contribution is -1.93. The number of nitrogens with zero attached hydrogens (tertiary/aromatic N) is 4. The first kappa shape index (κ1) is 19.3. The van der Waals surface area contributed by atoms with Crippen LogP contribution in [0.5, 0.6) is 5.75 Å². The molecule has 0 bridgehead atoms. The molecule has 0 unspecified atom stereocenters. The van der Waals surface area contributed by atoms with E-state index in [1.807, 2.05) is 30.3 Å². The number of benzene rings is 2. The summed E-state index contributed by atoms with van der Waals surface area (Å²) in [5.41, 5.74) is 1.44. The van der Waals surface area contributed by atoms with E-state index in [9.17, 15) is 10.1 Å². The van der Waals surface area contributed by atoms with Gasteiger partial charge >= 0.3 is 0 Å². The summed E-state index contributed by atoms with van der Waals surface area (Å²) in [6, 6.07) is 15.4. The molecule has 1 heterocycles. The summed E-state index contributed by atoms with van der Waals surface area (Å²) in [5.74, 6) is 0.683. The maximum atomic E-state index is 10.8. The van der Waals surface area contributed by atoms with Crippen LogP contribution >= 0.6 is 23.1 Å². The highest BCUT2D eigenvalue weighted by molar-refractivity contribution is 8.09. The predicted molar refractivity (Wildman–Crippen MR) is 109 cm³/mol. The zero-order chi connectivity index (χ0) is 19.9. The number of hydrogen-bond acceptors (Lipinski definition) is 9. The molecule has 0 aliphatic carbocycles. The van der Waals surface area contributed by atoms with Crippen LogP contribution in [0.2, 0.25) is 0 Å². The van der Waals surface area contributed by atoms with Gasteiger partial charge in [-0.3, -0.25) is 10.1 Å². The van der Waals surface area contributed by atoms with Crippen molar-refractivity contribution in [3.63, 3.8) is 0 Å². The van der Waals surface area contributed by atoms with Gasteiger partial charge < -0.3 is 10.1 Å². The SMILES string of the molecule is COc1ccccc1Nc1nnc(S/C(=C\C#N)c2ccc([N+](=O)[O-])cc2)s1. The second kappa shape index (κ2) is 8.98. The highest BCUT2D eigenvalue weighted by Gasteiger charge is 2.13. The fraction of sp³-hybridized carbons (Fsp3) is 0.0556. The molecular weight excluding hydrogens is 398 g/mol. The van der Waals surface area contributed by atoms with Gasteiger partial charge in [0.15, 0.2) is 4.34 Å². The van der Waals surface area contributed by atoms with Crippen LogP contribution in [0.1, 0.15) is 5.56 Å². The number of hydrogen-bond donors (Lipinski definition) is 1. The van der Waals surface area contributed by atoms with Crippen molar-refractivity contribution in [2.45, 2.75) is 4.34 Å². The summed E-state index contributed by atoms with van der Waals surface area (Å²) in [7, 11) is 1.59. The van der Waals surface area contributed by atoms with Crippen molar-refractivity contribution in [2.24, 2.45) is 0 Å². The molecule has 0 spiro atoms. The van der Waals surface area contributed by atoms with E-state index in [1.54, 1.807) is 19.2 Å². The number of para-hydroxylation sites is 2. The first-order valence-corrected chi connectivity index (χ1v) is 9.50. The summed E-state index contributed by atoms with van der Waals surface area (Å²) in [5, 5.41) is 31.8. The molecule has 140 valence electrons. The number of nitro benzene ring substituents is 1. The number of methoxy groups -OCH3 is 1. The highest BCUT2D eigenvalue weighted by Crippen LogP contribution is 2.38. The Bertz CT molecular complexity index is 1060. The number of nitro groups is 1. The Morgan fingerprint density at radius 1 is 1.29 bits per heavy atom. The van der Waals surface area contributed by atoms with E-state index in [0.717, 1.165) is 5.69 Å². The molecule has 3 aromatic rings. The zero-order valence-corrected chi connectivity index (χ0v) is 16.2. The van der Waals surface area contributed by atoms with Gasteiger partial charge in [0.25, 0.3) is 5.69 Å². The molecule has 0 atom stereocenters. The fourth-order valence-corrected chi connectivity index (χ4v) is 4.03. The van der Waals surface area contributed by atoms with E-state index < -0.39 is 4.92 Å². The normalized spacial score (nSPS) is 10.9. The lowest BCUT2D eigenvalue weighted by atomic mass is 10.2. The Hall–Kier alpha value is -3.42. The molecule has 0 aliphatic heterocycles. The number of allylic oxidation sites excluding steroid dienone is 1. The van der Waals surface area contributed by atoms with E-state index in [2.05, 4.69) is 15.5 Å². The number of nitriles is 1. The van der Waals surface area contributed by atoms with Gasteiger partial charge in [0, 0.05) is 23.1 Å².